The molecule has 2 aromatic rings. The first-order valence-electron chi connectivity index (χ1n) is 6.03. The average molecular weight is 215 g/mol. The van der Waals surface area contributed by atoms with Gasteiger partial charge >= 0.3 is 0 Å². The summed E-state index contributed by atoms with van der Waals surface area (Å²) in [6.07, 6.45) is 6.77. The molecule has 3 nitrogen and oxygen atoms in total. The molecule has 0 bridgehead atoms. The molecule has 0 aliphatic heterocycles. The lowest BCUT2D eigenvalue weighted by Gasteiger charge is -1.99. The fourth-order valence-corrected chi connectivity index (χ4v) is 2.26. The molecule has 2 atom stereocenters. The minimum absolute atomic E-state index is 0.731. The van der Waals surface area contributed by atoms with Gasteiger partial charge in [0.05, 0.1) is 5.69 Å². The van der Waals surface area contributed by atoms with E-state index in [0.717, 1.165) is 29.8 Å². The largest absolute Gasteiger partial charge is 0.308 e. The quantitative estimate of drug-likeness (QED) is 0.847. The van der Waals surface area contributed by atoms with E-state index in [1.807, 2.05) is 24.4 Å². The minimum Gasteiger partial charge on any atom is -0.308 e. The van der Waals surface area contributed by atoms with Crippen molar-refractivity contribution in [2.24, 2.45) is 5.92 Å². The lowest BCUT2D eigenvalue weighted by Crippen LogP contribution is -2.17. The van der Waals surface area contributed by atoms with Crippen LogP contribution in [0.15, 0.2) is 30.6 Å². The Labute approximate surface area is 95.5 Å². The molecule has 1 saturated carbocycles. The topological polar surface area (TPSA) is 29.3 Å². The van der Waals surface area contributed by atoms with Crippen molar-refractivity contribution in [3.05, 3.63) is 36.3 Å². The van der Waals surface area contributed by atoms with Crippen molar-refractivity contribution in [1.82, 2.24) is 14.7 Å². The van der Waals surface area contributed by atoms with Gasteiger partial charge in [-0.05, 0) is 24.5 Å². The molecule has 0 saturated heterocycles. The molecule has 16 heavy (non-hydrogen) atoms. The number of pyridine rings is 1. The van der Waals surface area contributed by atoms with Gasteiger partial charge in [-0.3, -0.25) is 0 Å². The molecule has 0 aromatic carbocycles. The Morgan fingerprint density at radius 1 is 1.50 bits per heavy atom. The fourth-order valence-electron chi connectivity index (χ4n) is 2.26. The van der Waals surface area contributed by atoms with Crippen molar-refractivity contribution in [2.75, 3.05) is 0 Å². The second-order valence-electron chi connectivity index (χ2n) is 4.59. The average Bonchev–Trinajstić information content (AvgIpc) is 2.95. The van der Waals surface area contributed by atoms with E-state index < -0.39 is 0 Å². The van der Waals surface area contributed by atoms with E-state index >= 15 is 0 Å². The first-order chi connectivity index (χ1) is 7.86. The fraction of sp³-hybridized carbons (Fsp3) is 0.462. The Balaban J connectivity index is 1.66. The number of imidazole rings is 1. The van der Waals surface area contributed by atoms with Crippen molar-refractivity contribution >= 4 is 5.65 Å². The molecule has 0 spiro atoms. The van der Waals surface area contributed by atoms with Gasteiger partial charge in [-0.25, -0.2) is 4.98 Å². The zero-order chi connectivity index (χ0) is 11.0. The lowest BCUT2D eigenvalue weighted by molar-refractivity contribution is 0.617. The van der Waals surface area contributed by atoms with Crippen LogP contribution in [0.25, 0.3) is 5.65 Å². The third-order valence-corrected chi connectivity index (χ3v) is 3.41. The van der Waals surface area contributed by atoms with Crippen LogP contribution in [0.1, 0.15) is 25.5 Å². The van der Waals surface area contributed by atoms with E-state index in [2.05, 4.69) is 27.8 Å². The molecule has 0 radical (unpaired) electrons. The maximum atomic E-state index is 4.56. The number of aromatic nitrogens is 2. The molecule has 84 valence electrons. The second-order valence-corrected chi connectivity index (χ2v) is 4.59. The maximum absolute atomic E-state index is 4.56. The van der Waals surface area contributed by atoms with Gasteiger partial charge in [-0.2, -0.15) is 0 Å². The van der Waals surface area contributed by atoms with Crippen LogP contribution >= 0.6 is 0 Å². The smallest absolute Gasteiger partial charge is 0.137 e. The summed E-state index contributed by atoms with van der Waals surface area (Å²) in [4.78, 5) is 4.56. The Kier molecular flexibility index (Phi) is 2.40. The van der Waals surface area contributed by atoms with E-state index in [0.29, 0.717) is 0 Å². The number of hydrogen-bond donors (Lipinski definition) is 1. The molecule has 2 unspecified atom stereocenters. The standard InChI is InChI=1S/C13H17N3/c1-2-10-7-12(10)14-8-11-9-16-6-4-3-5-13(16)15-11/h3-6,9-10,12,14H,2,7-8H2,1H3. The van der Waals surface area contributed by atoms with Gasteiger partial charge in [0.15, 0.2) is 0 Å². The molecule has 2 aromatic heterocycles. The number of hydrogen-bond acceptors (Lipinski definition) is 2. The Hall–Kier alpha value is -1.35. The van der Waals surface area contributed by atoms with Gasteiger partial charge in [0, 0.05) is 25.0 Å². The van der Waals surface area contributed by atoms with Gasteiger partial charge in [-0.1, -0.05) is 19.4 Å². The first kappa shape index (κ1) is 9.85. The number of nitrogens with one attached hydrogen (secondary N) is 1. The Morgan fingerprint density at radius 2 is 2.44 bits per heavy atom. The third-order valence-electron chi connectivity index (χ3n) is 3.41. The summed E-state index contributed by atoms with van der Waals surface area (Å²) in [6, 6.07) is 6.82. The van der Waals surface area contributed by atoms with Crippen molar-refractivity contribution in [3.8, 4) is 0 Å². The van der Waals surface area contributed by atoms with Crippen molar-refractivity contribution in [2.45, 2.75) is 32.4 Å². The molecule has 3 rings (SSSR count). The predicted octanol–water partition coefficient (Wildman–Crippen LogP) is 2.22. The van der Waals surface area contributed by atoms with Gasteiger partial charge in [0.25, 0.3) is 0 Å². The monoisotopic (exact) mass is 215 g/mol. The molecular weight excluding hydrogens is 198 g/mol. The van der Waals surface area contributed by atoms with Crippen LogP contribution in [-0.4, -0.2) is 15.4 Å². The van der Waals surface area contributed by atoms with Crippen molar-refractivity contribution in [1.29, 1.82) is 0 Å². The molecule has 3 heteroatoms. The maximum Gasteiger partial charge on any atom is 0.137 e. The molecule has 1 aliphatic carbocycles. The SMILES string of the molecule is CCC1CC1NCc1cn2ccccc2n1. The third kappa shape index (κ3) is 1.83. The second kappa shape index (κ2) is 3.91. The summed E-state index contributed by atoms with van der Waals surface area (Å²) in [5.74, 6) is 0.900. The summed E-state index contributed by atoms with van der Waals surface area (Å²) < 4.78 is 2.07. The molecular formula is C13H17N3. The summed E-state index contributed by atoms with van der Waals surface area (Å²) in [7, 11) is 0. The molecule has 0 amide bonds. The van der Waals surface area contributed by atoms with Gasteiger partial charge in [0.2, 0.25) is 0 Å². The zero-order valence-electron chi connectivity index (χ0n) is 9.56. The van der Waals surface area contributed by atoms with Gasteiger partial charge in [0.1, 0.15) is 5.65 Å². The summed E-state index contributed by atoms with van der Waals surface area (Å²) in [5, 5.41) is 3.56. The van der Waals surface area contributed by atoms with Crippen LogP contribution in [0.3, 0.4) is 0 Å². The van der Waals surface area contributed by atoms with Gasteiger partial charge in [-0.15, -0.1) is 0 Å². The Bertz CT molecular complexity index is 456. The highest BCUT2D eigenvalue weighted by molar-refractivity contribution is 5.39. The lowest BCUT2D eigenvalue weighted by atomic mass is 10.3. The van der Waals surface area contributed by atoms with Crippen LogP contribution in [-0.2, 0) is 6.54 Å². The molecule has 1 aliphatic rings. The first-order valence-corrected chi connectivity index (χ1v) is 6.03. The van der Waals surface area contributed by atoms with Crippen LogP contribution in [0.5, 0.6) is 0 Å². The van der Waals surface area contributed by atoms with E-state index in [9.17, 15) is 0 Å². The highest BCUT2D eigenvalue weighted by Gasteiger charge is 2.34. The Morgan fingerprint density at radius 3 is 3.19 bits per heavy atom. The van der Waals surface area contributed by atoms with E-state index in [-0.39, 0.29) is 0 Å². The van der Waals surface area contributed by atoms with Crippen LogP contribution in [0, 0.1) is 5.92 Å². The van der Waals surface area contributed by atoms with Crippen molar-refractivity contribution < 1.29 is 0 Å². The van der Waals surface area contributed by atoms with E-state index in [1.54, 1.807) is 0 Å². The van der Waals surface area contributed by atoms with E-state index in [4.69, 9.17) is 0 Å². The molecule has 1 fully saturated rings. The summed E-state index contributed by atoms with van der Waals surface area (Å²) in [5.41, 5.74) is 2.16. The van der Waals surface area contributed by atoms with Crippen LogP contribution in [0.2, 0.25) is 0 Å². The summed E-state index contributed by atoms with van der Waals surface area (Å²) >= 11 is 0. The van der Waals surface area contributed by atoms with Gasteiger partial charge < -0.3 is 9.72 Å². The summed E-state index contributed by atoms with van der Waals surface area (Å²) in [6.45, 7) is 3.15. The number of rotatable bonds is 4. The highest BCUT2D eigenvalue weighted by Crippen LogP contribution is 2.33. The van der Waals surface area contributed by atoms with E-state index in [1.165, 1.54) is 12.8 Å². The zero-order valence-corrected chi connectivity index (χ0v) is 9.56. The normalized spacial score (nSPS) is 23.8. The van der Waals surface area contributed by atoms with Crippen molar-refractivity contribution in [3.63, 3.8) is 0 Å². The minimum atomic E-state index is 0.731. The molecule has 1 N–H and O–H groups in total. The predicted molar refractivity (Wildman–Crippen MR) is 64.2 cm³/mol. The highest BCUT2D eigenvalue weighted by atomic mass is 15.0. The van der Waals surface area contributed by atoms with Crippen LogP contribution in [0.4, 0.5) is 0 Å². The molecule has 2 heterocycles. The van der Waals surface area contributed by atoms with Crippen LogP contribution < -0.4 is 5.32 Å². The number of fused-ring (bicyclic) bond motifs is 1. The number of nitrogens with zero attached hydrogens (tertiary/aromatic N) is 2.